The molecule has 2 heterocycles. The first-order valence-corrected chi connectivity index (χ1v) is 6.72. The van der Waals surface area contributed by atoms with E-state index < -0.39 is 17.4 Å². The summed E-state index contributed by atoms with van der Waals surface area (Å²) in [6.45, 7) is 5.24. The Hall–Kier alpha value is -2.70. The van der Waals surface area contributed by atoms with Crippen LogP contribution in [0.25, 0.3) is 16.3 Å². The molecule has 0 radical (unpaired) electrons. The number of esters is 1. The summed E-state index contributed by atoms with van der Waals surface area (Å²) in [5.74, 6) is -1.02. The van der Waals surface area contributed by atoms with Crippen LogP contribution in [0.4, 0.5) is 10.2 Å². The van der Waals surface area contributed by atoms with Gasteiger partial charge in [0.2, 0.25) is 0 Å². The summed E-state index contributed by atoms with van der Waals surface area (Å²) in [6.07, 6.45) is 1.51. The van der Waals surface area contributed by atoms with Crippen LogP contribution >= 0.6 is 0 Å². The van der Waals surface area contributed by atoms with Gasteiger partial charge >= 0.3 is 5.97 Å². The van der Waals surface area contributed by atoms with Gasteiger partial charge in [0.15, 0.2) is 0 Å². The number of pyridine rings is 1. The first kappa shape index (κ1) is 14.2. The number of nitrogens with zero attached hydrogens (tertiary/aromatic N) is 3. The number of nitrogens with two attached hydrogens (primary N) is 1. The maximum absolute atomic E-state index is 13.6. The number of rotatable bonds is 1. The second kappa shape index (κ2) is 4.66. The molecule has 0 amide bonds. The Morgan fingerprint density at radius 3 is 2.73 bits per heavy atom. The summed E-state index contributed by atoms with van der Waals surface area (Å²) in [5.41, 5.74) is 6.03. The fourth-order valence-corrected chi connectivity index (χ4v) is 2.33. The molecule has 2 N–H and O–H groups in total. The molecule has 0 unspecified atom stereocenters. The third-order valence-corrected chi connectivity index (χ3v) is 3.16. The van der Waals surface area contributed by atoms with E-state index in [1.54, 1.807) is 26.8 Å². The number of ether oxygens (including phenoxy) is 1. The number of benzene rings is 1. The zero-order chi connectivity index (χ0) is 16.1. The highest BCUT2D eigenvalue weighted by atomic mass is 19.1. The third-order valence-electron chi connectivity index (χ3n) is 3.16. The number of nitrogen functional groups attached to an aromatic ring is 1. The summed E-state index contributed by atoms with van der Waals surface area (Å²) in [5, 5.41) is 8.67. The lowest BCUT2D eigenvalue weighted by Crippen LogP contribution is -2.25. The van der Waals surface area contributed by atoms with Gasteiger partial charge in [0, 0.05) is 10.8 Å². The Balaban J connectivity index is 2.37. The quantitative estimate of drug-likeness (QED) is 0.698. The lowest BCUT2D eigenvalue weighted by atomic mass is 10.0. The Bertz CT molecular complexity index is 896. The molecule has 0 aliphatic carbocycles. The number of fused-ring (bicyclic) bond motifs is 3. The van der Waals surface area contributed by atoms with Crippen LogP contribution in [0, 0.1) is 5.82 Å². The summed E-state index contributed by atoms with van der Waals surface area (Å²) in [7, 11) is 0. The fraction of sp³-hybridized carbons (Fsp3) is 0.267. The maximum Gasteiger partial charge on any atom is 0.343 e. The molecule has 0 saturated carbocycles. The molecule has 0 saturated heterocycles. The normalized spacial score (nSPS) is 12.0. The van der Waals surface area contributed by atoms with Crippen molar-refractivity contribution in [1.82, 2.24) is 14.8 Å². The Kier molecular flexibility index (Phi) is 3.01. The minimum absolute atomic E-state index is 0.0693. The molecule has 0 aliphatic heterocycles. The molecule has 0 spiro atoms. The molecule has 0 fully saturated rings. The van der Waals surface area contributed by atoms with Gasteiger partial charge in [-0.1, -0.05) is 5.21 Å². The Labute approximate surface area is 125 Å². The van der Waals surface area contributed by atoms with E-state index in [2.05, 4.69) is 10.3 Å². The van der Waals surface area contributed by atoms with Crippen LogP contribution in [0.15, 0.2) is 24.4 Å². The van der Waals surface area contributed by atoms with Crippen LogP contribution in [0.1, 0.15) is 31.1 Å². The van der Waals surface area contributed by atoms with Crippen molar-refractivity contribution in [2.75, 3.05) is 5.73 Å². The number of hydrogen-bond donors (Lipinski definition) is 1. The van der Waals surface area contributed by atoms with Crippen LogP contribution in [-0.4, -0.2) is 26.4 Å². The van der Waals surface area contributed by atoms with E-state index in [-0.39, 0.29) is 11.4 Å². The van der Waals surface area contributed by atoms with Crippen LogP contribution in [0.3, 0.4) is 0 Å². The van der Waals surface area contributed by atoms with Crippen LogP contribution in [-0.2, 0) is 4.74 Å². The average molecular weight is 302 g/mol. The molecule has 2 aromatic heterocycles. The Morgan fingerprint density at radius 1 is 1.32 bits per heavy atom. The standard InChI is InChI=1S/C15H15FN4O2/c1-15(2,3)22-14(21)12-10-6-8(16)4-5-9(10)11-7-18-19-20(11)13(12)17/h4-7H,17H2,1-3H3. The van der Waals surface area contributed by atoms with E-state index in [0.29, 0.717) is 16.3 Å². The van der Waals surface area contributed by atoms with E-state index in [1.807, 2.05) is 0 Å². The van der Waals surface area contributed by atoms with Gasteiger partial charge < -0.3 is 10.5 Å². The van der Waals surface area contributed by atoms with Gasteiger partial charge in [-0.3, -0.25) is 0 Å². The monoisotopic (exact) mass is 302 g/mol. The fourth-order valence-electron chi connectivity index (χ4n) is 2.33. The topological polar surface area (TPSA) is 82.5 Å². The molecule has 3 aromatic rings. The molecule has 0 bridgehead atoms. The van der Waals surface area contributed by atoms with Crippen molar-refractivity contribution >= 4 is 28.1 Å². The average Bonchev–Trinajstić information content (AvgIpc) is 2.86. The van der Waals surface area contributed by atoms with Crippen LogP contribution < -0.4 is 5.73 Å². The summed E-state index contributed by atoms with van der Waals surface area (Å²) in [6, 6.07) is 4.14. The van der Waals surface area contributed by atoms with Gasteiger partial charge in [-0.25, -0.2) is 9.18 Å². The molecule has 114 valence electrons. The van der Waals surface area contributed by atoms with Gasteiger partial charge in [-0.2, -0.15) is 4.52 Å². The second-order valence-corrected chi connectivity index (χ2v) is 5.98. The number of hydrogen-bond acceptors (Lipinski definition) is 5. The van der Waals surface area contributed by atoms with E-state index in [4.69, 9.17) is 10.5 Å². The number of carbonyl (C=O) groups excluding carboxylic acids is 1. The van der Waals surface area contributed by atoms with Crippen molar-refractivity contribution in [3.8, 4) is 0 Å². The number of aromatic nitrogens is 3. The van der Waals surface area contributed by atoms with Gasteiger partial charge in [-0.05, 0) is 39.0 Å². The molecule has 1 aromatic carbocycles. The molecule has 6 nitrogen and oxygen atoms in total. The molecule has 22 heavy (non-hydrogen) atoms. The smallest absolute Gasteiger partial charge is 0.343 e. The highest BCUT2D eigenvalue weighted by molar-refractivity contribution is 6.12. The minimum atomic E-state index is -0.694. The van der Waals surface area contributed by atoms with Crippen molar-refractivity contribution in [3.63, 3.8) is 0 Å². The first-order valence-electron chi connectivity index (χ1n) is 6.72. The van der Waals surface area contributed by atoms with Crippen molar-refractivity contribution < 1.29 is 13.9 Å². The van der Waals surface area contributed by atoms with Gasteiger partial charge in [0.1, 0.15) is 22.8 Å². The number of anilines is 1. The van der Waals surface area contributed by atoms with Crippen LogP contribution in [0.2, 0.25) is 0 Å². The van der Waals surface area contributed by atoms with Crippen molar-refractivity contribution in [3.05, 3.63) is 35.8 Å². The summed E-state index contributed by atoms with van der Waals surface area (Å²) in [4.78, 5) is 12.5. The first-order chi connectivity index (χ1) is 10.3. The molecule has 0 atom stereocenters. The summed E-state index contributed by atoms with van der Waals surface area (Å²) < 4.78 is 20.4. The lowest BCUT2D eigenvalue weighted by molar-refractivity contribution is 0.00726. The zero-order valence-corrected chi connectivity index (χ0v) is 12.4. The lowest BCUT2D eigenvalue weighted by Gasteiger charge is -2.21. The molecule has 3 rings (SSSR count). The largest absolute Gasteiger partial charge is 0.456 e. The highest BCUT2D eigenvalue weighted by Crippen LogP contribution is 2.30. The van der Waals surface area contributed by atoms with E-state index in [9.17, 15) is 9.18 Å². The minimum Gasteiger partial charge on any atom is -0.456 e. The SMILES string of the molecule is CC(C)(C)OC(=O)c1c(N)n2nncc2c2ccc(F)cc12. The molecule has 7 heteroatoms. The van der Waals surface area contributed by atoms with E-state index >= 15 is 0 Å². The zero-order valence-electron chi connectivity index (χ0n) is 12.4. The van der Waals surface area contributed by atoms with Crippen molar-refractivity contribution in [2.24, 2.45) is 0 Å². The molecular weight excluding hydrogens is 287 g/mol. The van der Waals surface area contributed by atoms with Gasteiger partial charge in [0.25, 0.3) is 0 Å². The van der Waals surface area contributed by atoms with Gasteiger partial charge in [-0.15, -0.1) is 5.10 Å². The predicted molar refractivity (Wildman–Crippen MR) is 80.0 cm³/mol. The maximum atomic E-state index is 13.6. The van der Waals surface area contributed by atoms with Crippen molar-refractivity contribution in [1.29, 1.82) is 0 Å². The number of carbonyl (C=O) groups is 1. The highest BCUT2D eigenvalue weighted by Gasteiger charge is 2.25. The Morgan fingerprint density at radius 2 is 2.05 bits per heavy atom. The van der Waals surface area contributed by atoms with E-state index in [0.717, 1.165) is 0 Å². The second-order valence-electron chi connectivity index (χ2n) is 5.98. The molecule has 0 aliphatic rings. The summed E-state index contributed by atoms with van der Waals surface area (Å²) >= 11 is 0. The van der Waals surface area contributed by atoms with E-state index in [1.165, 1.54) is 22.8 Å². The van der Waals surface area contributed by atoms with Crippen LogP contribution in [0.5, 0.6) is 0 Å². The van der Waals surface area contributed by atoms with Crippen molar-refractivity contribution in [2.45, 2.75) is 26.4 Å². The molecular formula is C15H15FN4O2. The number of halogens is 1. The predicted octanol–water partition coefficient (Wildman–Crippen LogP) is 2.56. The van der Waals surface area contributed by atoms with Gasteiger partial charge in [0.05, 0.1) is 11.7 Å². The third kappa shape index (κ3) is 2.24.